The number of hydrogen-bond donors (Lipinski definition) is 0. The highest BCUT2D eigenvalue weighted by Crippen LogP contribution is 2.36. The molecule has 1 fully saturated rings. The topological polar surface area (TPSA) is 72.9 Å². The van der Waals surface area contributed by atoms with Gasteiger partial charge in [0.2, 0.25) is 5.91 Å². The Morgan fingerprint density at radius 1 is 1.32 bits per heavy atom. The Hall–Kier alpha value is -1.59. The summed E-state index contributed by atoms with van der Waals surface area (Å²) in [5, 5.41) is 0. The van der Waals surface area contributed by atoms with Gasteiger partial charge in [0.15, 0.2) is 0 Å². The fourth-order valence-corrected chi connectivity index (χ4v) is 2.25. The zero-order valence-corrected chi connectivity index (χ0v) is 14.4. The highest BCUT2D eigenvalue weighted by molar-refractivity contribution is 6.02. The fourth-order valence-electron chi connectivity index (χ4n) is 2.25. The van der Waals surface area contributed by atoms with Gasteiger partial charge in [0.05, 0.1) is 6.61 Å². The van der Waals surface area contributed by atoms with E-state index in [9.17, 15) is 14.4 Å². The molecule has 22 heavy (non-hydrogen) atoms. The van der Waals surface area contributed by atoms with Crippen LogP contribution in [0.3, 0.4) is 0 Å². The molecule has 1 rings (SSSR count). The average Bonchev–Trinajstić information content (AvgIpc) is 2.59. The summed E-state index contributed by atoms with van der Waals surface area (Å²) in [4.78, 5) is 37.8. The van der Waals surface area contributed by atoms with Crippen LogP contribution < -0.4 is 0 Å². The Labute approximate surface area is 132 Å². The monoisotopic (exact) mass is 313 g/mol. The van der Waals surface area contributed by atoms with Gasteiger partial charge in [0.1, 0.15) is 11.6 Å². The zero-order valence-electron chi connectivity index (χ0n) is 14.4. The lowest BCUT2D eigenvalue weighted by Gasteiger charge is -2.26. The predicted octanol–water partition coefficient (Wildman–Crippen LogP) is 2.89. The van der Waals surface area contributed by atoms with Crippen molar-refractivity contribution in [3.63, 3.8) is 0 Å². The summed E-state index contributed by atoms with van der Waals surface area (Å²) in [6.07, 6.45) is 1.11. The molecular weight excluding hydrogens is 286 g/mol. The smallest absolute Gasteiger partial charge is 0.417 e. The van der Waals surface area contributed by atoms with E-state index in [-0.39, 0.29) is 6.42 Å². The Balaban J connectivity index is 2.90. The number of carbonyl (C=O) groups is 3. The standard InChI is InChI=1S/C16H27NO5/c1-7-8-9-21-12(18)11-10-16(5,6)13(19)17(11)14(20)22-15(2,3)4/h11H,7-10H2,1-6H3/t11-/m0/s1. The van der Waals surface area contributed by atoms with Crippen LogP contribution in [0.1, 0.15) is 60.8 Å². The fraction of sp³-hybridized carbons (Fsp3) is 0.812. The van der Waals surface area contributed by atoms with Gasteiger partial charge in [-0.3, -0.25) is 4.79 Å². The van der Waals surface area contributed by atoms with E-state index >= 15 is 0 Å². The summed E-state index contributed by atoms with van der Waals surface area (Å²) in [5.41, 5.74) is -1.52. The molecule has 0 aliphatic carbocycles. The van der Waals surface area contributed by atoms with E-state index in [0.717, 1.165) is 17.7 Å². The summed E-state index contributed by atoms with van der Waals surface area (Å²) in [6, 6.07) is -0.908. The van der Waals surface area contributed by atoms with E-state index in [4.69, 9.17) is 9.47 Å². The molecule has 1 aliphatic heterocycles. The maximum atomic E-state index is 12.4. The SMILES string of the molecule is CCCCOC(=O)[C@@H]1CC(C)(C)C(=O)N1C(=O)OC(C)(C)C. The largest absolute Gasteiger partial charge is 0.464 e. The van der Waals surface area contributed by atoms with Gasteiger partial charge in [0.25, 0.3) is 0 Å². The van der Waals surface area contributed by atoms with E-state index < -0.39 is 35.0 Å². The summed E-state index contributed by atoms with van der Waals surface area (Å²) in [5.74, 6) is -0.947. The van der Waals surface area contributed by atoms with Crippen LogP contribution in [0.15, 0.2) is 0 Å². The maximum Gasteiger partial charge on any atom is 0.417 e. The van der Waals surface area contributed by atoms with Crippen molar-refractivity contribution < 1.29 is 23.9 Å². The van der Waals surface area contributed by atoms with E-state index in [1.165, 1.54) is 0 Å². The number of ether oxygens (including phenoxy) is 2. The number of hydrogen-bond acceptors (Lipinski definition) is 5. The normalized spacial score (nSPS) is 20.9. The van der Waals surface area contributed by atoms with E-state index in [1.807, 2.05) is 6.92 Å². The van der Waals surface area contributed by atoms with Crippen molar-refractivity contribution in [2.45, 2.75) is 72.4 Å². The third-order valence-electron chi connectivity index (χ3n) is 3.42. The molecule has 0 aromatic rings. The second-order valence-electron chi connectivity index (χ2n) is 7.28. The molecule has 126 valence electrons. The number of carbonyl (C=O) groups excluding carboxylic acids is 3. The lowest BCUT2D eigenvalue weighted by atomic mass is 9.90. The van der Waals surface area contributed by atoms with Crippen molar-refractivity contribution >= 4 is 18.0 Å². The molecule has 1 saturated heterocycles. The van der Waals surface area contributed by atoms with Crippen molar-refractivity contribution in [3.8, 4) is 0 Å². The van der Waals surface area contributed by atoms with Crippen LogP contribution in [0.4, 0.5) is 4.79 Å². The number of amides is 2. The molecule has 2 amide bonds. The lowest BCUT2D eigenvalue weighted by Crippen LogP contribution is -2.46. The number of esters is 1. The maximum absolute atomic E-state index is 12.4. The number of imide groups is 1. The Kier molecular flexibility index (Phi) is 5.59. The Bertz CT molecular complexity index is 450. The van der Waals surface area contributed by atoms with Crippen molar-refractivity contribution in [2.75, 3.05) is 6.61 Å². The predicted molar refractivity (Wildman–Crippen MR) is 81.1 cm³/mol. The average molecular weight is 313 g/mol. The van der Waals surface area contributed by atoms with Gasteiger partial charge in [0, 0.05) is 5.41 Å². The van der Waals surface area contributed by atoms with Crippen LogP contribution in [0.25, 0.3) is 0 Å². The molecule has 0 spiro atoms. The molecule has 0 saturated carbocycles. The van der Waals surface area contributed by atoms with Gasteiger partial charge < -0.3 is 9.47 Å². The summed E-state index contributed by atoms with van der Waals surface area (Å²) in [6.45, 7) is 10.9. The van der Waals surface area contributed by atoms with Crippen molar-refractivity contribution in [2.24, 2.45) is 5.41 Å². The quantitative estimate of drug-likeness (QED) is 0.589. The van der Waals surface area contributed by atoms with Crippen LogP contribution in [0.2, 0.25) is 0 Å². The van der Waals surface area contributed by atoms with Crippen LogP contribution in [0, 0.1) is 5.41 Å². The van der Waals surface area contributed by atoms with Gasteiger partial charge in [-0.1, -0.05) is 27.2 Å². The molecule has 1 aliphatic rings. The zero-order chi connectivity index (χ0) is 17.1. The number of likely N-dealkylation sites (tertiary alicyclic amines) is 1. The number of unbranched alkanes of at least 4 members (excludes halogenated alkanes) is 1. The second-order valence-corrected chi connectivity index (χ2v) is 7.28. The molecular formula is C16H27NO5. The second kappa shape index (κ2) is 6.67. The molecule has 0 aromatic heterocycles. The van der Waals surface area contributed by atoms with E-state index in [2.05, 4.69) is 0 Å². The van der Waals surface area contributed by atoms with E-state index in [1.54, 1.807) is 34.6 Å². The summed E-state index contributed by atoms with van der Waals surface area (Å²) in [7, 11) is 0. The van der Waals surface area contributed by atoms with Gasteiger partial charge in [-0.15, -0.1) is 0 Å². The van der Waals surface area contributed by atoms with Crippen molar-refractivity contribution in [1.29, 1.82) is 0 Å². The Morgan fingerprint density at radius 3 is 2.41 bits per heavy atom. The highest BCUT2D eigenvalue weighted by Gasteiger charge is 2.53. The molecule has 0 bridgehead atoms. The van der Waals surface area contributed by atoms with Gasteiger partial charge in [-0.05, 0) is 33.6 Å². The number of rotatable bonds is 4. The lowest BCUT2D eigenvalue weighted by molar-refractivity contribution is -0.151. The summed E-state index contributed by atoms with van der Waals surface area (Å²) >= 11 is 0. The van der Waals surface area contributed by atoms with Crippen LogP contribution in [-0.4, -0.2) is 41.1 Å². The third kappa shape index (κ3) is 4.45. The molecule has 0 N–H and O–H groups in total. The van der Waals surface area contributed by atoms with E-state index in [0.29, 0.717) is 6.61 Å². The molecule has 1 atom stereocenters. The first-order valence-corrected chi connectivity index (χ1v) is 7.73. The number of nitrogens with zero attached hydrogens (tertiary/aromatic N) is 1. The minimum atomic E-state index is -0.908. The van der Waals surface area contributed by atoms with Gasteiger partial charge in [-0.2, -0.15) is 0 Å². The first-order chi connectivity index (χ1) is 9.99. The molecule has 0 radical (unpaired) electrons. The molecule has 1 heterocycles. The first-order valence-electron chi connectivity index (χ1n) is 7.73. The molecule has 6 heteroatoms. The minimum Gasteiger partial charge on any atom is -0.464 e. The molecule has 0 unspecified atom stereocenters. The summed E-state index contributed by atoms with van der Waals surface area (Å²) < 4.78 is 10.4. The van der Waals surface area contributed by atoms with Crippen LogP contribution in [-0.2, 0) is 19.1 Å². The van der Waals surface area contributed by atoms with Crippen LogP contribution in [0.5, 0.6) is 0 Å². The highest BCUT2D eigenvalue weighted by atomic mass is 16.6. The minimum absolute atomic E-state index is 0.246. The van der Waals surface area contributed by atoms with Crippen LogP contribution >= 0.6 is 0 Å². The molecule has 0 aromatic carbocycles. The third-order valence-corrected chi connectivity index (χ3v) is 3.42. The molecule has 6 nitrogen and oxygen atoms in total. The van der Waals surface area contributed by atoms with Gasteiger partial charge >= 0.3 is 12.1 Å². The van der Waals surface area contributed by atoms with Crippen molar-refractivity contribution in [3.05, 3.63) is 0 Å². The first kappa shape index (κ1) is 18.5. The van der Waals surface area contributed by atoms with Gasteiger partial charge in [-0.25, -0.2) is 14.5 Å². The van der Waals surface area contributed by atoms with Crippen molar-refractivity contribution in [1.82, 2.24) is 4.90 Å². The Morgan fingerprint density at radius 2 is 1.91 bits per heavy atom.